The number of hydrogen-bond donors (Lipinski definition) is 2. The van der Waals surface area contributed by atoms with Crippen molar-refractivity contribution in [2.45, 2.75) is 83.7 Å². The first-order chi connectivity index (χ1) is 13.8. The second-order valence-corrected chi connectivity index (χ2v) is 14.5. The molecule has 1 aromatic rings. The van der Waals surface area contributed by atoms with E-state index in [1.807, 2.05) is 0 Å². The minimum absolute atomic E-state index is 0.198. The molecule has 174 valence electrons. The summed E-state index contributed by atoms with van der Waals surface area (Å²) >= 11 is 3.40. The van der Waals surface area contributed by atoms with Gasteiger partial charge in [-0.15, -0.1) is 0 Å². The maximum Gasteiger partial charge on any atom is 0.294 e. The van der Waals surface area contributed by atoms with Crippen LogP contribution in [0.2, 0.25) is 0 Å². The highest BCUT2D eigenvalue weighted by molar-refractivity contribution is 9.10. The van der Waals surface area contributed by atoms with E-state index >= 15 is 0 Å². The molecule has 30 heavy (non-hydrogen) atoms. The minimum Gasteiger partial charge on any atom is -0.316 e. The monoisotopic (exact) mass is 524 g/mol. The Morgan fingerprint density at radius 2 is 1.57 bits per heavy atom. The summed E-state index contributed by atoms with van der Waals surface area (Å²) in [5.41, 5.74) is 0.578. The van der Waals surface area contributed by atoms with Crippen molar-refractivity contribution in [2.75, 3.05) is 13.2 Å². The summed E-state index contributed by atoms with van der Waals surface area (Å²) in [7, 11) is -7.47. The summed E-state index contributed by atoms with van der Waals surface area (Å²) in [6.07, 6.45) is 5.32. The maximum atomic E-state index is 14.1. The molecule has 0 aliphatic rings. The molecule has 1 aromatic carbocycles. The zero-order valence-electron chi connectivity index (χ0n) is 19.1. The Hall–Kier alpha value is -0.240. The summed E-state index contributed by atoms with van der Waals surface area (Å²) in [4.78, 5) is 0. The van der Waals surface area contributed by atoms with E-state index in [-0.39, 0.29) is 6.61 Å². The van der Waals surface area contributed by atoms with E-state index in [1.54, 1.807) is 58.9 Å². The Bertz CT molecular complexity index is 809. The lowest BCUT2D eigenvalue weighted by atomic mass is 10.1. The lowest BCUT2D eigenvalue weighted by molar-refractivity contribution is 0.295. The SMILES string of the molecule is CCCCCCCN[P@](=O)(OCC)[C@@](C)(NS(=O)(=O)C(C)(C)C)c1ccc(Br)cc1. The van der Waals surface area contributed by atoms with Crippen molar-refractivity contribution in [3.05, 3.63) is 34.3 Å². The third-order valence-electron chi connectivity index (χ3n) is 5.05. The molecule has 2 atom stereocenters. The van der Waals surface area contributed by atoms with Crippen molar-refractivity contribution in [3.8, 4) is 0 Å². The Balaban J connectivity index is 3.33. The number of nitrogens with one attached hydrogen (secondary N) is 2. The summed E-state index contributed by atoms with van der Waals surface area (Å²) in [6, 6.07) is 7.15. The molecule has 0 aromatic heterocycles. The summed E-state index contributed by atoms with van der Waals surface area (Å²) in [6.45, 7) is 11.1. The molecule has 1 rings (SSSR count). The quantitative estimate of drug-likeness (QED) is 0.239. The van der Waals surface area contributed by atoms with E-state index in [9.17, 15) is 13.0 Å². The fourth-order valence-corrected chi connectivity index (χ4v) is 6.97. The molecule has 2 N–H and O–H groups in total. The molecule has 0 radical (unpaired) electrons. The first-order valence-electron chi connectivity index (χ1n) is 10.6. The van der Waals surface area contributed by atoms with E-state index < -0.39 is 27.6 Å². The van der Waals surface area contributed by atoms with Gasteiger partial charge in [-0.2, -0.15) is 4.72 Å². The fourth-order valence-electron chi connectivity index (χ4n) is 2.95. The zero-order chi connectivity index (χ0) is 23.1. The second-order valence-electron chi connectivity index (χ2n) is 8.59. The van der Waals surface area contributed by atoms with Gasteiger partial charge in [0.25, 0.3) is 7.52 Å². The van der Waals surface area contributed by atoms with Crippen molar-refractivity contribution in [1.29, 1.82) is 0 Å². The van der Waals surface area contributed by atoms with Crippen LogP contribution in [0.3, 0.4) is 0 Å². The van der Waals surface area contributed by atoms with Gasteiger partial charge in [-0.3, -0.25) is 4.57 Å². The predicted molar refractivity (Wildman–Crippen MR) is 129 cm³/mol. The lowest BCUT2D eigenvalue weighted by Gasteiger charge is -2.39. The van der Waals surface area contributed by atoms with Crippen molar-refractivity contribution >= 4 is 33.5 Å². The van der Waals surface area contributed by atoms with Crippen molar-refractivity contribution < 1.29 is 17.5 Å². The average Bonchev–Trinajstić information content (AvgIpc) is 2.64. The summed E-state index contributed by atoms with van der Waals surface area (Å²) < 4.78 is 48.6. The molecule has 0 fully saturated rings. The van der Waals surface area contributed by atoms with E-state index in [4.69, 9.17) is 4.52 Å². The summed E-state index contributed by atoms with van der Waals surface area (Å²) in [5, 5.41) is 1.64. The van der Waals surface area contributed by atoms with Crippen LogP contribution in [0.25, 0.3) is 0 Å². The van der Waals surface area contributed by atoms with Gasteiger partial charge >= 0.3 is 0 Å². The molecular formula is C21H38BrN2O4PS. The molecule has 0 aliphatic carbocycles. The highest BCUT2D eigenvalue weighted by atomic mass is 79.9. The van der Waals surface area contributed by atoms with Crippen LogP contribution in [0.15, 0.2) is 28.7 Å². The van der Waals surface area contributed by atoms with Crippen LogP contribution in [-0.2, 0) is 24.4 Å². The van der Waals surface area contributed by atoms with Gasteiger partial charge in [0, 0.05) is 11.0 Å². The zero-order valence-corrected chi connectivity index (χ0v) is 22.4. The van der Waals surface area contributed by atoms with E-state index in [2.05, 4.69) is 32.7 Å². The highest BCUT2D eigenvalue weighted by Crippen LogP contribution is 2.60. The Morgan fingerprint density at radius 3 is 2.07 bits per heavy atom. The van der Waals surface area contributed by atoms with Crippen LogP contribution >= 0.6 is 23.4 Å². The smallest absolute Gasteiger partial charge is 0.294 e. The number of unbranched alkanes of at least 4 members (excludes halogenated alkanes) is 4. The van der Waals surface area contributed by atoms with Crippen LogP contribution in [0.1, 0.15) is 79.2 Å². The van der Waals surface area contributed by atoms with Gasteiger partial charge in [0.1, 0.15) is 5.28 Å². The molecule has 0 spiro atoms. The first kappa shape index (κ1) is 27.8. The van der Waals surface area contributed by atoms with Gasteiger partial charge in [-0.25, -0.2) is 13.5 Å². The maximum absolute atomic E-state index is 14.1. The van der Waals surface area contributed by atoms with Crippen LogP contribution in [-0.4, -0.2) is 26.3 Å². The summed E-state index contributed by atoms with van der Waals surface area (Å²) in [5.74, 6) is 0. The molecule has 0 amide bonds. The van der Waals surface area contributed by atoms with Gasteiger partial charge in [0.2, 0.25) is 10.0 Å². The number of rotatable bonds is 13. The molecule has 6 nitrogen and oxygen atoms in total. The highest BCUT2D eigenvalue weighted by Gasteiger charge is 2.51. The van der Waals surface area contributed by atoms with Gasteiger partial charge in [0.15, 0.2) is 0 Å². The van der Waals surface area contributed by atoms with E-state index in [0.717, 1.165) is 30.2 Å². The van der Waals surface area contributed by atoms with Crippen LogP contribution in [0.5, 0.6) is 0 Å². The van der Waals surface area contributed by atoms with Crippen molar-refractivity contribution in [1.82, 2.24) is 9.81 Å². The van der Waals surface area contributed by atoms with E-state index in [0.29, 0.717) is 12.1 Å². The Morgan fingerprint density at radius 1 is 1.00 bits per heavy atom. The topological polar surface area (TPSA) is 84.5 Å². The predicted octanol–water partition coefficient (Wildman–Crippen LogP) is 6.13. The number of sulfonamides is 1. The normalized spacial score (nSPS) is 16.8. The van der Waals surface area contributed by atoms with Gasteiger partial charge in [0.05, 0.1) is 11.4 Å². The second kappa shape index (κ2) is 11.6. The molecule has 0 aliphatic heterocycles. The molecule has 9 heteroatoms. The third-order valence-corrected chi connectivity index (χ3v) is 10.8. The van der Waals surface area contributed by atoms with Gasteiger partial charge in [-0.05, 0) is 58.7 Å². The van der Waals surface area contributed by atoms with Crippen molar-refractivity contribution in [2.24, 2.45) is 0 Å². The van der Waals surface area contributed by atoms with Crippen LogP contribution in [0.4, 0.5) is 0 Å². The number of hydrogen-bond acceptors (Lipinski definition) is 4. The molecule has 0 saturated heterocycles. The molecule has 0 heterocycles. The Kier molecular flexibility index (Phi) is 10.7. The Labute approximate surface area is 191 Å². The number of benzene rings is 1. The van der Waals surface area contributed by atoms with E-state index in [1.165, 1.54) is 6.42 Å². The molecule has 0 unspecified atom stereocenters. The molecule has 0 bridgehead atoms. The number of halogens is 1. The fraction of sp³-hybridized carbons (Fsp3) is 0.714. The van der Waals surface area contributed by atoms with Gasteiger partial charge < -0.3 is 4.52 Å². The van der Waals surface area contributed by atoms with Crippen LogP contribution in [0, 0.1) is 0 Å². The minimum atomic E-state index is -3.81. The average molecular weight is 525 g/mol. The third kappa shape index (κ3) is 7.14. The van der Waals surface area contributed by atoms with Gasteiger partial charge in [-0.1, -0.05) is 60.7 Å². The lowest BCUT2D eigenvalue weighted by Crippen LogP contribution is -2.51. The largest absolute Gasteiger partial charge is 0.316 e. The standard InChI is InChI=1S/C21H38BrN2O4PS/c1-7-9-10-11-12-17-23-29(25,28-8-2)21(6,18-13-15-19(22)16-14-18)24-30(26,27)20(3,4)5/h13-16,24H,7-12,17H2,1-6H3,(H,23,25)/t21-,29-/m1/s1. The molecule has 0 saturated carbocycles. The van der Waals surface area contributed by atoms with Crippen LogP contribution < -0.4 is 9.81 Å². The molecular weight excluding hydrogens is 487 g/mol. The van der Waals surface area contributed by atoms with Crippen molar-refractivity contribution in [3.63, 3.8) is 0 Å². The first-order valence-corrected chi connectivity index (χ1v) is 14.5.